The van der Waals surface area contributed by atoms with E-state index in [1.807, 2.05) is 6.20 Å². The number of halogens is 2. The predicted octanol–water partition coefficient (Wildman–Crippen LogP) is 3.92. The SMILES string of the molecule is CC(CI)Cc1c[nH]c2ccc(F)cc12. The second kappa shape index (κ2) is 4.51. The minimum Gasteiger partial charge on any atom is -0.361 e. The third-order valence-electron chi connectivity index (χ3n) is 2.56. The van der Waals surface area contributed by atoms with E-state index in [0.29, 0.717) is 5.92 Å². The Labute approximate surface area is 102 Å². The third kappa shape index (κ3) is 2.33. The summed E-state index contributed by atoms with van der Waals surface area (Å²) in [6, 6.07) is 4.90. The monoisotopic (exact) mass is 317 g/mol. The summed E-state index contributed by atoms with van der Waals surface area (Å²) in [7, 11) is 0. The topological polar surface area (TPSA) is 15.8 Å². The lowest BCUT2D eigenvalue weighted by Crippen LogP contribution is -1.99. The molecule has 1 aromatic heterocycles. The van der Waals surface area contributed by atoms with Crippen molar-refractivity contribution in [3.63, 3.8) is 0 Å². The van der Waals surface area contributed by atoms with Crippen LogP contribution in [0.5, 0.6) is 0 Å². The molecule has 2 aromatic rings. The molecule has 1 nitrogen and oxygen atoms in total. The Morgan fingerprint density at radius 1 is 1.47 bits per heavy atom. The zero-order valence-electron chi connectivity index (χ0n) is 8.56. The van der Waals surface area contributed by atoms with Gasteiger partial charge in [-0.1, -0.05) is 29.5 Å². The zero-order valence-corrected chi connectivity index (χ0v) is 10.7. The number of benzene rings is 1. The average molecular weight is 317 g/mol. The fourth-order valence-electron chi connectivity index (χ4n) is 1.75. The lowest BCUT2D eigenvalue weighted by Gasteiger charge is -2.05. The van der Waals surface area contributed by atoms with E-state index in [4.69, 9.17) is 0 Å². The van der Waals surface area contributed by atoms with Crippen LogP contribution in [-0.4, -0.2) is 9.41 Å². The second-order valence-electron chi connectivity index (χ2n) is 3.97. The Hall–Kier alpha value is -0.580. The molecule has 2 rings (SSSR count). The second-order valence-corrected chi connectivity index (χ2v) is 4.85. The van der Waals surface area contributed by atoms with Crippen LogP contribution in [0.2, 0.25) is 0 Å². The van der Waals surface area contributed by atoms with E-state index in [0.717, 1.165) is 21.8 Å². The summed E-state index contributed by atoms with van der Waals surface area (Å²) in [4.78, 5) is 3.18. The molecule has 0 spiro atoms. The van der Waals surface area contributed by atoms with Crippen LogP contribution in [0.1, 0.15) is 12.5 Å². The molecule has 0 saturated carbocycles. The van der Waals surface area contributed by atoms with Crippen molar-refractivity contribution in [1.29, 1.82) is 0 Å². The first-order chi connectivity index (χ1) is 7.20. The Morgan fingerprint density at radius 2 is 2.27 bits per heavy atom. The van der Waals surface area contributed by atoms with E-state index < -0.39 is 0 Å². The predicted molar refractivity (Wildman–Crippen MR) is 70.0 cm³/mol. The number of hydrogen-bond donors (Lipinski definition) is 1. The standard InChI is InChI=1S/C12H13FIN/c1-8(6-14)4-9-7-15-12-3-2-10(13)5-11(9)12/h2-3,5,7-8,15H,4,6H2,1H3. The van der Waals surface area contributed by atoms with Gasteiger partial charge in [-0.2, -0.15) is 0 Å². The minimum absolute atomic E-state index is 0.162. The Morgan fingerprint density at radius 3 is 3.00 bits per heavy atom. The van der Waals surface area contributed by atoms with Crippen molar-refractivity contribution in [2.24, 2.45) is 5.92 Å². The fourth-order valence-corrected chi connectivity index (χ4v) is 2.06. The Balaban J connectivity index is 2.39. The first-order valence-electron chi connectivity index (χ1n) is 5.02. The summed E-state index contributed by atoms with van der Waals surface area (Å²) in [5.41, 5.74) is 2.24. The number of aromatic nitrogens is 1. The number of fused-ring (bicyclic) bond motifs is 1. The lowest BCUT2D eigenvalue weighted by molar-refractivity contribution is 0.629. The van der Waals surface area contributed by atoms with Gasteiger partial charge in [-0.25, -0.2) is 4.39 Å². The van der Waals surface area contributed by atoms with Crippen molar-refractivity contribution < 1.29 is 4.39 Å². The largest absolute Gasteiger partial charge is 0.361 e. The highest BCUT2D eigenvalue weighted by molar-refractivity contribution is 14.1. The maximum Gasteiger partial charge on any atom is 0.123 e. The van der Waals surface area contributed by atoms with Crippen LogP contribution >= 0.6 is 22.6 Å². The normalized spacial score (nSPS) is 13.3. The van der Waals surface area contributed by atoms with E-state index in [2.05, 4.69) is 34.5 Å². The molecule has 0 bridgehead atoms. The van der Waals surface area contributed by atoms with Crippen LogP contribution in [0.15, 0.2) is 24.4 Å². The number of H-pyrrole nitrogens is 1. The lowest BCUT2D eigenvalue weighted by atomic mass is 10.0. The van der Waals surface area contributed by atoms with Crippen LogP contribution in [0, 0.1) is 11.7 Å². The molecule has 0 aliphatic rings. The molecule has 80 valence electrons. The first kappa shape index (κ1) is 10.9. The van der Waals surface area contributed by atoms with Crippen LogP contribution in [0.4, 0.5) is 4.39 Å². The van der Waals surface area contributed by atoms with E-state index in [1.54, 1.807) is 12.1 Å². The van der Waals surface area contributed by atoms with Crippen molar-refractivity contribution in [1.82, 2.24) is 4.98 Å². The highest BCUT2D eigenvalue weighted by Gasteiger charge is 2.08. The van der Waals surface area contributed by atoms with E-state index >= 15 is 0 Å². The maximum atomic E-state index is 13.1. The van der Waals surface area contributed by atoms with Gasteiger partial charge in [0.2, 0.25) is 0 Å². The van der Waals surface area contributed by atoms with E-state index in [-0.39, 0.29) is 5.82 Å². The Bertz CT molecular complexity index is 464. The molecule has 3 heteroatoms. The Kier molecular flexibility index (Phi) is 3.29. The molecular weight excluding hydrogens is 304 g/mol. The van der Waals surface area contributed by atoms with Gasteiger partial charge >= 0.3 is 0 Å². The third-order valence-corrected chi connectivity index (χ3v) is 4.06. The van der Waals surface area contributed by atoms with Crippen molar-refractivity contribution in [3.05, 3.63) is 35.8 Å². The average Bonchev–Trinajstić information content (AvgIpc) is 2.61. The number of rotatable bonds is 3. The van der Waals surface area contributed by atoms with Crippen LogP contribution < -0.4 is 0 Å². The van der Waals surface area contributed by atoms with Gasteiger partial charge in [-0.3, -0.25) is 0 Å². The van der Waals surface area contributed by atoms with Crippen LogP contribution in [0.3, 0.4) is 0 Å². The van der Waals surface area contributed by atoms with E-state index in [1.165, 1.54) is 11.6 Å². The number of alkyl halides is 1. The molecule has 1 aromatic carbocycles. The van der Waals surface area contributed by atoms with Gasteiger partial charge in [0.15, 0.2) is 0 Å². The fraction of sp³-hybridized carbons (Fsp3) is 0.333. The first-order valence-corrected chi connectivity index (χ1v) is 6.54. The summed E-state index contributed by atoms with van der Waals surface area (Å²) in [6.07, 6.45) is 3.00. The molecule has 1 N–H and O–H groups in total. The minimum atomic E-state index is -0.162. The molecule has 1 heterocycles. The summed E-state index contributed by atoms with van der Waals surface area (Å²) in [5, 5.41) is 1.02. The molecular formula is C12H13FIN. The van der Waals surface area contributed by atoms with E-state index in [9.17, 15) is 4.39 Å². The van der Waals surface area contributed by atoms with Gasteiger partial charge in [-0.05, 0) is 36.1 Å². The smallest absolute Gasteiger partial charge is 0.123 e. The highest BCUT2D eigenvalue weighted by atomic mass is 127. The number of hydrogen-bond acceptors (Lipinski definition) is 0. The summed E-state index contributed by atoms with van der Waals surface area (Å²) < 4.78 is 14.2. The van der Waals surface area contributed by atoms with Gasteiger partial charge in [0, 0.05) is 21.5 Å². The van der Waals surface area contributed by atoms with Gasteiger partial charge in [0.05, 0.1) is 0 Å². The summed E-state index contributed by atoms with van der Waals surface area (Å²) >= 11 is 2.38. The quantitative estimate of drug-likeness (QED) is 0.652. The summed E-state index contributed by atoms with van der Waals surface area (Å²) in [5.74, 6) is 0.471. The van der Waals surface area contributed by atoms with Gasteiger partial charge in [0.1, 0.15) is 5.82 Å². The molecule has 0 amide bonds. The molecule has 0 aliphatic heterocycles. The van der Waals surface area contributed by atoms with Crippen molar-refractivity contribution >= 4 is 33.5 Å². The maximum absolute atomic E-state index is 13.1. The van der Waals surface area contributed by atoms with Crippen molar-refractivity contribution in [3.8, 4) is 0 Å². The molecule has 0 saturated heterocycles. The summed E-state index contributed by atoms with van der Waals surface area (Å²) in [6.45, 7) is 2.21. The van der Waals surface area contributed by atoms with Crippen molar-refractivity contribution in [2.75, 3.05) is 4.43 Å². The number of nitrogens with one attached hydrogen (secondary N) is 1. The molecule has 0 fully saturated rings. The van der Waals surface area contributed by atoms with Gasteiger partial charge in [0.25, 0.3) is 0 Å². The molecule has 15 heavy (non-hydrogen) atoms. The molecule has 0 aliphatic carbocycles. The number of aromatic amines is 1. The van der Waals surface area contributed by atoms with Crippen LogP contribution in [0.25, 0.3) is 10.9 Å². The molecule has 0 radical (unpaired) electrons. The van der Waals surface area contributed by atoms with Crippen LogP contribution in [-0.2, 0) is 6.42 Å². The van der Waals surface area contributed by atoms with Crippen molar-refractivity contribution in [2.45, 2.75) is 13.3 Å². The zero-order chi connectivity index (χ0) is 10.8. The molecule has 1 atom stereocenters. The van der Waals surface area contributed by atoms with Gasteiger partial charge < -0.3 is 4.98 Å². The highest BCUT2D eigenvalue weighted by Crippen LogP contribution is 2.22. The van der Waals surface area contributed by atoms with Gasteiger partial charge in [-0.15, -0.1) is 0 Å². The molecule has 1 unspecified atom stereocenters.